The van der Waals surface area contributed by atoms with Gasteiger partial charge in [0.1, 0.15) is 5.82 Å². The quantitative estimate of drug-likeness (QED) is 0.758. The Hall–Kier alpha value is -2.32. The number of fused-ring (bicyclic) bond motifs is 1. The highest BCUT2D eigenvalue weighted by Gasteiger charge is 2.38. The number of nitrogens with one attached hydrogen (secondary N) is 1. The van der Waals surface area contributed by atoms with Crippen LogP contribution in [0.2, 0.25) is 0 Å². The molecule has 0 bridgehead atoms. The van der Waals surface area contributed by atoms with Crippen LogP contribution in [-0.4, -0.2) is 38.8 Å². The predicted molar refractivity (Wildman–Crippen MR) is 105 cm³/mol. The topological polar surface area (TPSA) is 87.5 Å². The van der Waals surface area contributed by atoms with Crippen molar-refractivity contribution in [3.63, 3.8) is 0 Å². The van der Waals surface area contributed by atoms with E-state index in [0.717, 1.165) is 10.5 Å². The van der Waals surface area contributed by atoms with Crippen LogP contribution < -0.4 is 10.9 Å². The second-order valence-corrected chi connectivity index (χ2v) is 7.98. The summed E-state index contributed by atoms with van der Waals surface area (Å²) < 4.78 is 1.45. The highest BCUT2D eigenvalue weighted by Crippen LogP contribution is 2.31. The molecule has 3 rings (SSSR count). The standard InChI is InChI=1S/C19H24N4O3S/c1-19(2)18-21-13(16(25)17(26)23(18)11-22(19)3)9-15(24)20-10-12-7-5-6-8-14(12)27-4/h5-8,25H,9-11H2,1-4H3,(H,20,24). The lowest BCUT2D eigenvalue weighted by Gasteiger charge is -2.25. The van der Waals surface area contributed by atoms with Gasteiger partial charge in [-0.15, -0.1) is 11.8 Å². The number of amides is 1. The van der Waals surface area contributed by atoms with Gasteiger partial charge in [0.25, 0.3) is 5.56 Å². The smallest absolute Gasteiger partial charge is 0.297 e. The van der Waals surface area contributed by atoms with Crippen LogP contribution in [0.25, 0.3) is 0 Å². The van der Waals surface area contributed by atoms with Gasteiger partial charge in [0, 0.05) is 11.4 Å². The zero-order chi connectivity index (χ0) is 19.8. The first-order chi connectivity index (χ1) is 12.8. The molecule has 1 aromatic heterocycles. The van der Waals surface area contributed by atoms with Gasteiger partial charge in [0.15, 0.2) is 0 Å². The van der Waals surface area contributed by atoms with Crippen molar-refractivity contribution < 1.29 is 9.90 Å². The fourth-order valence-corrected chi connectivity index (χ4v) is 3.74. The molecule has 0 saturated heterocycles. The van der Waals surface area contributed by atoms with Crippen molar-refractivity contribution in [3.8, 4) is 5.75 Å². The first-order valence-electron chi connectivity index (χ1n) is 8.68. The molecule has 0 atom stereocenters. The molecule has 0 aliphatic carbocycles. The maximum Gasteiger partial charge on any atom is 0.297 e. The minimum atomic E-state index is -0.507. The van der Waals surface area contributed by atoms with Crippen molar-refractivity contribution in [1.82, 2.24) is 19.8 Å². The van der Waals surface area contributed by atoms with Gasteiger partial charge in [-0.05, 0) is 38.8 Å². The Kier molecular flexibility index (Phi) is 5.30. The zero-order valence-corrected chi connectivity index (χ0v) is 16.8. The van der Waals surface area contributed by atoms with E-state index in [2.05, 4.69) is 10.3 Å². The molecule has 0 unspecified atom stereocenters. The Labute approximate surface area is 162 Å². The fraction of sp³-hybridized carbons (Fsp3) is 0.421. The molecule has 8 heteroatoms. The molecule has 0 fully saturated rings. The number of carbonyl (C=O) groups excluding carboxylic acids is 1. The largest absolute Gasteiger partial charge is 0.502 e. The molecule has 0 spiro atoms. The van der Waals surface area contributed by atoms with E-state index in [-0.39, 0.29) is 18.0 Å². The van der Waals surface area contributed by atoms with Crippen molar-refractivity contribution in [2.24, 2.45) is 0 Å². The number of benzene rings is 1. The van der Waals surface area contributed by atoms with Crippen LogP contribution in [0.3, 0.4) is 0 Å². The Morgan fingerprint density at radius 2 is 2.07 bits per heavy atom. The van der Waals surface area contributed by atoms with Crippen molar-refractivity contribution >= 4 is 17.7 Å². The van der Waals surface area contributed by atoms with Crippen LogP contribution in [0, 0.1) is 0 Å². The molecular formula is C19H24N4O3S. The molecule has 1 aliphatic heterocycles. The van der Waals surface area contributed by atoms with E-state index in [0.29, 0.717) is 19.0 Å². The number of thioether (sulfide) groups is 1. The minimum Gasteiger partial charge on any atom is -0.502 e. The van der Waals surface area contributed by atoms with Crippen molar-refractivity contribution in [3.05, 3.63) is 51.7 Å². The normalized spacial score (nSPS) is 15.6. The van der Waals surface area contributed by atoms with Crippen LogP contribution in [0.4, 0.5) is 0 Å². The van der Waals surface area contributed by atoms with Gasteiger partial charge in [-0.3, -0.25) is 19.1 Å². The lowest BCUT2D eigenvalue weighted by Crippen LogP contribution is -2.33. The molecular weight excluding hydrogens is 364 g/mol. The lowest BCUT2D eigenvalue weighted by molar-refractivity contribution is -0.120. The minimum absolute atomic E-state index is 0.116. The van der Waals surface area contributed by atoms with Crippen LogP contribution in [0.1, 0.15) is 30.9 Å². The summed E-state index contributed by atoms with van der Waals surface area (Å²) >= 11 is 1.62. The van der Waals surface area contributed by atoms with Gasteiger partial charge in [-0.1, -0.05) is 18.2 Å². The van der Waals surface area contributed by atoms with E-state index in [9.17, 15) is 14.7 Å². The third-order valence-electron chi connectivity index (χ3n) is 5.07. The lowest BCUT2D eigenvalue weighted by atomic mass is 10.0. The van der Waals surface area contributed by atoms with Gasteiger partial charge < -0.3 is 10.4 Å². The molecule has 1 aromatic carbocycles. The van der Waals surface area contributed by atoms with E-state index in [1.165, 1.54) is 4.57 Å². The monoisotopic (exact) mass is 388 g/mol. The Bertz CT molecular complexity index is 939. The molecule has 2 N–H and O–H groups in total. The number of carbonyl (C=O) groups is 1. The highest BCUT2D eigenvalue weighted by atomic mass is 32.2. The number of hydrogen-bond donors (Lipinski definition) is 2. The van der Waals surface area contributed by atoms with Crippen molar-refractivity contribution in [1.29, 1.82) is 0 Å². The van der Waals surface area contributed by atoms with Gasteiger partial charge in [0.05, 0.1) is 24.3 Å². The molecule has 1 aliphatic rings. The Morgan fingerprint density at radius 3 is 2.78 bits per heavy atom. The third kappa shape index (κ3) is 3.59. The van der Waals surface area contributed by atoms with Gasteiger partial charge in [0.2, 0.25) is 11.7 Å². The van der Waals surface area contributed by atoms with Crippen LogP contribution in [0.5, 0.6) is 5.75 Å². The zero-order valence-electron chi connectivity index (χ0n) is 15.9. The molecule has 2 heterocycles. The number of nitrogens with zero attached hydrogens (tertiary/aromatic N) is 3. The summed E-state index contributed by atoms with van der Waals surface area (Å²) in [7, 11) is 1.89. The average Bonchev–Trinajstić information content (AvgIpc) is 2.87. The molecule has 2 aromatic rings. The van der Waals surface area contributed by atoms with Gasteiger partial charge >= 0.3 is 0 Å². The molecule has 1 amide bonds. The second kappa shape index (κ2) is 7.36. The van der Waals surface area contributed by atoms with E-state index in [1.807, 2.05) is 56.3 Å². The molecule has 0 radical (unpaired) electrons. The van der Waals surface area contributed by atoms with Crippen LogP contribution >= 0.6 is 11.8 Å². The van der Waals surface area contributed by atoms with Gasteiger partial charge in [-0.2, -0.15) is 0 Å². The van der Waals surface area contributed by atoms with Gasteiger partial charge in [-0.25, -0.2) is 4.98 Å². The summed E-state index contributed by atoms with van der Waals surface area (Å²) in [5.41, 5.74) is 0.181. The van der Waals surface area contributed by atoms with Crippen molar-refractivity contribution in [2.45, 2.75) is 43.9 Å². The highest BCUT2D eigenvalue weighted by molar-refractivity contribution is 7.98. The fourth-order valence-electron chi connectivity index (χ4n) is 3.13. The molecule has 27 heavy (non-hydrogen) atoms. The Balaban J connectivity index is 1.78. The summed E-state index contributed by atoms with van der Waals surface area (Å²) in [6.07, 6.45) is 1.84. The first-order valence-corrected chi connectivity index (χ1v) is 9.91. The van der Waals surface area contributed by atoms with E-state index in [4.69, 9.17) is 0 Å². The van der Waals surface area contributed by atoms with E-state index in [1.54, 1.807) is 11.8 Å². The number of hydrogen-bond acceptors (Lipinski definition) is 6. The summed E-state index contributed by atoms with van der Waals surface area (Å²) in [5.74, 6) is -0.185. The number of rotatable bonds is 5. The maximum absolute atomic E-state index is 12.5. The summed E-state index contributed by atoms with van der Waals surface area (Å²) in [4.78, 5) is 32.4. The molecule has 0 saturated carbocycles. The summed E-state index contributed by atoms with van der Waals surface area (Å²) in [6.45, 7) is 4.66. The Morgan fingerprint density at radius 1 is 1.37 bits per heavy atom. The average molecular weight is 388 g/mol. The second-order valence-electron chi connectivity index (χ2n) is 7.13. The molecule has 7 nitrogen and oxygen atoms in total. The van der Waals surface area contributed by atoms with E-state index >= 15 is 0 Å². The van der Waals surface area contributed by atoms with Crippen molar-refractivity contribution in [2.75, 3.05) is 13.3 Å². The summed E-state index contributed by atoms with van der Waals surface area (Å²) in [5, 5.41) is 13.1. The number of aromatic nitrogens is 2. The first kappa shape index (κ1) is 19.4. The summed E-state index contributed by atoms with van der Waals surface area (Å²) in [6, 6.07) is 7.84. The van der Waals surface area contributed by atoms with Crippen LogP contribution in [-0.2, 0) is 30.0 Å². The van der Waals surface area contributed by atoms with E-state index < -0.39 is 16.8 Å². The predicted octanol–water partition coefficient (Wildman–Crippen LogP) is 1.67. The van der Waals surface area contributed by atoms with Crippen LogP contribution in [0.15, 0.2) is 34.0 Å². The molecule has 144 valence electrons. The number of aromatic hydroxyl groups is 1. The maximum atomic E-state index is 12.5. The third-order valence-corrected chi connectivity index (χ3v) is 5.91. The SMILES string of the molecule is CSc1ccccc1CNC(=O)Cc1nc2n(c(=O)c1O)CN(C)C2(C)C.